The minimum atomic E-state index is -3.42. The molecular formula is C35H42FN7O4S. The predicted molar refractivity (Wildman–Crippen MR) is 182 cm³/mol. The van der Waals surface area contributed by atoms with Crippen molar-refractivity contribution in [2.45, 2.75) is 65.3 Å². The van der Waals surface area contributed by atoms with Crippen LogP contribution >= 0.6 is 0 Å². The Morgan fingerprint density at radius 1 is 1.00 bits per heavy atom. The third kappa shape index (κ3) is 6.07. The Morgan fingerprint density at radius 3 is 2.52 bits per heavy atom. The number of hydrogen-bond acceptors (Lipinski definition) is 7. The van der Waals surface area contributed by atoms with Gasteiger partial charge in [0, 0.05) is 49.4 Å². The zero-order valence-electron chi connectivity index (χ0n) is 27.5. The molecule has 7 rings (SSSR count). The molecule has 48 heavy (non-hydrogen) atoms. The van der Waals surface area contributed by atoms with Crippen LogP contribution in [0.5, 0.6) is 0 Å². The second kappa shape index (κ2) is 12.8. The zero-order valence-corrected chi connectivity index (χ0v) is 28.4. The number of aryl methyl sites for hydroxylation is 2. The average molecular weight is 676 g/mol. The molecule has 11 nitrogen and oxygen atoms in total. The highest BCUT2D eigenvalue weighted by Gasteiger charge is 2.44. The number of likely N-dealkylation sites (tertiary alicyclic amines) is 1. The Hall–Kier alpha value is -3.94. The van der Waals surface area contributed by atoms with Crippen LogP contribution in [-0.4, -0.2) is 81.8 Å². The number of alkyl halides is 1. The van der Waals surface area contributed by atoms with Gasteiger partial charge in [-0.05, 0) is 81.6 Å². The van der Waals surface area contributed by atoms with Crippen LogP contribution in [0.25, 0.3) is 22.2 Å². The topological polar surface area (TPSA) is 122 Å². The van der Waals surface area contributed by atoms with Crippen molar-refractivity contribution in [1.82, 2.24) is 33.9 Å². The zero-order chi connectivity index (χ0) is 33.6. The van der Waals surface area contributed by atoms with Gasteiger partial charge in [0.05, 0.1) is 34.8 Å². The number of benzene rings is 2. The van der Waals surface area contributed by atoms with E-state index in [1.54, 1.807) is 35.8 Å². The molecule has 3 aliphatic heterocycles. The summed E-state index contributed by atoms with van der Waals surface area (Å²) < 4.78 is 44.6. The first-order valence-corrected chi connectivity index (χ1v) is 18.6. The van der Waals surface area contributed by atoms with Crippen LogP contribution in [0.4, 0.5) is 4.39 Å². The molecule has 1 N–H and O–H groups in total. The van der Waals surface area contributed by atoms with Gasteiger partial charge < -0.3 is 10.2 Å². The van der Waals surface area contributed by atoms with E-state index in [0.29, 0.717) is 53.1 Å². The van der Waals surface area contributed by atoms with Gasteiger partial charge in [-0.1, -0.05) is 24.3 Å². The summed E-state index contributed by atoms with van der Waals surface area (Å²) in [6.07, 6.45) is 5.34. The third-order valence-corrected chi connectivity index (χ3v) is 11.9. The Labute approximate surface area is 279 Å². The maximum absolute atomic E-state index is 14.3. The number of carbonyl (C=O) groups excluding carboxylic acids is 1. The number of para-hydroxylation sites is 1. The van der Waals surface area contributed by atoms with Gasteiger partial charge in [0.25, 0.3) is 5.56 Å². The fourth-order valence-electron chi connectivity index (χ4n) is 7.69. The second-order valence-corrected chi connectivity index (χ2v) is 15.5. The monoisotopic (exact) mass is 675 g/mol. The number of piperidine rings is 1. The molecule has 1 amide bonds. The van der Waals surface area contributed by atoms with Crippen molar-refractivity contribution in [1.29, 1.82) is 0 Å². The largest absolute Gasteiger partial charge is 0.356 e. The highest BCUT2D eigenvalue weighted by atomic mass is 32.2. The van der Waals surface area contributed by atoms with E-state index >= 15 is 0 Å². The molecule has 0 radical (unpaired) electrons. The third-order valence-electron chi connectivity index (χ3n) is 10.6. The van der Waals surface area contributed by atoms with E-state index in [0.717, 1.165) is 68.7 Å². The number of amides is 1. The Morgan fingerprint density at radius 2 is 1.79 bits per heavy atom. The molecule has 3 aliphatic rings. The molecule has 1 spiro atoms. The molecule has 5 heterocycles. The number of fused-ring (bicyclic) bond motifs is 2. The van der Waals surface area contributed by atoms with E-state index in [1.165, 1.54) is 10.6 Å². The summed E-state index contributed by atoms with van der Waals surface area (Å²) >= 11 is 0. The first-order valence-electron chi connectivity index (χ1n) is 16.7. The average Bonchev–Trinajstić information content (AvgIpc) is 3.62. The van der Waals surface area contributed by atoms with Crippen molar-refractivity contribution in [3.8, 4) is 11.3 Å². The highest BCUT2D eigenvalue weighted by Crippen LogP contribution is 2.38. The van der Waals surface area contributed by atoms with E-state index in [4.69, 9.17) is 5.10 Å². The van der Waals surface area contributed by atoms with Gasteiger partial charge in [-0.2, -0.15) is 9.40 Å². The first-order chi connectivity index (χ1) is 23.1. The van der Waals surface area contributed by atoms with Crippen molar-refractivity contribution in [3.05, 3.63) is 81.0 Å². The van der Waals surface area contributed by atoms with Gasteiger partial charge in [0.15, 0.2) is 0 Å². The van der Waals surface area contributed by atoms with E-state index < -0.39 is 16.7 Å². The summed E-state index contributed by atoms with van der Waals surface area (Å²) in [5.41, 5.74) is 4.68. The van der Waals surface area contributed by atoms with Crippen molar-refractivity contribution in [2.24, 2.45) is 5.41 Å². The lowest BCUT2D eigenvalue weighted by molar-refractivity contribution is -0.130. The molecular weight excluding hydrogens is 633 g/mol. The molecule has 2 fully saturated rings. The standard InChI is InChI=1S/C35H42FN7O4S/c1-24-38-30-7-4-3-6-28(30)33(44)42(24)22-27-20-25(8-9-26(27)21-36)32-29-23-41(48(2,46)47)17-10-31(29)43(39-32)16-5-15-40-18-12-35(13-19-40)11-14-37-34(35)45/h3-4,6-9,20H,5,10-19,21-23H2,1-2H3,(H,37,45). The number of nitrogens with one attached hydrogen (secondary N) is 1. The molecule has 2 aromatic carbocycles. The van der Waals surface area contributed by atoms with Crippen molar-refractivity contribution >= 4 is 26.8 Å². The highest BCUT2D eigenvalue weighted by molar-refractivity contribution is 7.88. The summed E-state index contributed by atoms with van der Waals surface area (Å²) in [5, 5.41) is 8.56. The summed E-state index contributed by atoms with van der Waals surface area (Å²) in [6.45, 7) is 5.97. The molecule has 0 bridgehead atoms. The maximum atomic E-state index is 14.3. The van der Waals surface area contributed by atoms with Gasteiger partial charge in [0.2, 0.25) is 15.9 Å². The van der Waals surface area contributed by atoms with Crippen molar-refractivity contribution < 1.29 is 17.6 Å². The first kappa shape index (κ1) is 32.6. The summed E-state index contributed by atoms with van der Waals surface area (Å²) in [6, 6.07) is 12.6. The number of carbonyl (C=O) groups is 1. The van der Waals surface area contributed by atoms with E-state index in [1.807, 2.05) is 22.9 Å². The number of aromatic nitrogens is 4. The van der Waals surface area contributed by atoms with Crippen LogP contribution < -0.4 is 10.9 Å². The number of sulfonamides is 1. The van der Waals surface area contributed by atoms with Gasteiger partial charge in [-0.15, -0.1) is 0 Å². The van der Waals surface area contributed by atoms with E-state index in [9.17, 15) is 22.4 Å². The number of halogens is 1. The lowest BCUT2D eigenvalue weighted by Crippen LogP contribution is -2.44. The summed E-state index contributed by atoms with van der Waals surface area (Å²) in [4.78, 5) is 32.9. The predicted octanol–water partition coefficient (Wildman–Crippen LogP) is 3.40. The minimum absolute atomic E-state index is 0.146. The van der Waals surface area contributed by atoms with Crippen LogP contribution in [0.15, 0.2) is 47.3 Å². The van der Waals surface area contributed by atoms with Gasteiger partial charge in [-0.3, -0.25) is 18.8 Å². The van der Waals surface area contributed by atoms with Crippen LogP contribution in [0.1, 0.15) is 53.9 Å². The summed E-state index contributed by atoms with van der Waals surface area (Å²) in [5.74, 6) is 0.745. The van der Waals surface area contributed by atoms with Crippen molar-refractivity contribution in [3.63, 3.8) is 0 Å². The van der Waals surface area contributed by atoms with E-state index in [2.05, 4.69) is 15.2 Å². The lowest BCUT2D eigenvalue weighted by Gasteiger charge is -2.37. The molecule has 2 saturated heterocycles. The Kier molecular flexibility index (Phi) is 8.71. The van der Waals surface area contributed by atoms with Gasteiger partial charge >= 0.3 is 0 Å². The van der Waals surface area contributed by atoms with Crippen molar-refractivity contribution in [2.75, 3.05) is 39.0 Å². The lowest BCUT2D eigenvalue weighted by atomic mass is 9.77. The fraction of sp³-hybridized carbons (Fsp3) is 0.486. The van der Waals surface area contributed by atoms with Gasteiger partial charge in [-0.25, -0.2) is 17.8 Å². The van der Waals surface area contributed by atoms with E-state index in [-0.39, 0.29) is 30.0 Å². The Balaban J connectivity index is 1.17. The van der Waals surface area contributed by atoms with Crippen LogP contribution in [0.3, 0.4) is 0 Å². The molecule has 13 heteroatoms. The van der Waals surface area contributed by atoms with Crippen LogP contribution in [-0.2, 0) is 47.5 Å². The van der Waals surface area contributed by atoms with Crippen LogP contribution in [0, 0.1) is 12.3 Å². The molecule has 0 atom stereocenters. The maximum Gasteiger partial charge on any atom is 0.261 e. The SMILES string of the molecule is Cc1nc2ccccc2c(=O)n1Cc1cc(-c2nn(CCCN3CCC4(CCNC4=O)CC3)c3c2CN(S(C)(=O)=O)CC3)ccc1CF. The smallest absolute Gasteiger partial charge is 0.261 e. The number of rotatable bonds is 9. The molecule has 4 aromatic rings. The molecule has 0 unspecified atom stereocenters. The van der Waals surface area contributed by atoms with Crippen LogP contribution in [0.2, 0.25) is 0 Å². The number of hydrogen-bond donors (Lipinski definition) is 1. The minimum Gasteiger partial charge on any atom is -0.356 e. The molecule has 254 valence electrons. The second-order valence-electron chi connectivity index (χ2n) is 13.5. The molecule has 2 aromatic heterocycles. The normalized spacial score (nSPS) is 18.4. The van der Waals surface area contributed by atoms with Gasteiger partial charge in [0.1, 0.15) is 12.5 Å². The summed E-state index contributed by atoms with van der Waals surface area (Å²) in [7, 11) is -3.42. The number of nitrogens with zero attached hydrogens (tertiary/aromatic N) is 6. The quantitative estimate of drug-likeness (QED) is 0.289. The Bertz CT molecular complexity index is 2050. The molecule has 0 saturated carbocycles. The fourth-order valence-corrected chi connectivity index (χ4v) is 8.48. The molecule has 0 aliphatic carbocycles.